The fourth-order valence-electron chi connectivity index (χ4n) is 4.09. The lowest BCUT2D eigenvalue weighted by Gasteiger charge is -2.45. The van der Waals surface area contributed by atoms with Gasteiger partial charge in [-0.3, -0.25) is 9.78 Å². The highest BCUT2D eigenvalue weighted by Gasteiger charge is 2.47. The number of nitrogens with one attached hydrogen (secondary N) is 2. The zero-order valence-corrected chi connectivity index (χ0v) is 17.4. The van der Waals surface area contributed by atoms with E-state index in [1.807, 2.05) is 36.7 Å². The molecule has 1 fully saturated rings. The molecule has 2 aliphatic rings. The lowest BCUT2D eigenvalue weighted by atomic mass is 9.88. The summed E-state index contributed by atoms with van der Waals surface area (Å²) in [6.07, 6.45) is 7.65. The van der Waals surface area contributed by atoms with E-state index >= 15 is 0 Å². The van der Waals surface area contributed by atoms with Crippen LogP contribution >= 0.6 is 0 Å². The Morgan fingerprint density at radius 2 is 2.10 bits per heavy atom. The van der Waals surface area contributed by atoms with E-state index in [1.54, 1.807) is 23.5 Å². The molecule has 160 valence electrons. The van der Waals surface area contributed by atoms with Gasteiger partial charge in [0.15, 0.2) is 6.10 Å². The maximum atomic E-state index is 12.9. The second kappa shape index (κ2) is 8.43. The average Bonchev–Trinajstić information content (AvgIpc) is 3.22. The molecule has 0 radical (unpaired) electrons. The van der Waals surface area contributed by atoms with Crippen LogP contribution in [0.4, 0.5) is 4.79 Å². The maximum absolute atomic E-state index is 12.9. The van der Waals surface area contributed by atoms with Gasteiger partial charge in [-0.15, -0.1) is 0 Å². The van der Waals surface area contributed by atoms with Gasteiger partial charge >= 0.3 is 6.03 Å². The van der Waals surface area contributed by atoms with E-state index in [0.29, 0.717) is 39.0 Å². The molecule has 0 bridgehead atoms. The number of fused-ring (bicyclic) bond motifs is 2. The van der Waals surface area contributed by atoms with Gasteiger partial charge in [-0.2, -0.15) is 0 Å². The lowest BCUT2D eigenvalue weighted by Crippen LogP contribution is -2.56. The first kappa shape index (κ1) is 20.3. The molecule has 4 heterocycles. The molecule has 2 aromatic rings. The maximum Gasteiger partial charge on any atom is 0.317 e. The normalized spacial score (nSPS) is 20.1. The molecule has 9 heteroatoms. The summed E-state index contributed by atoms with van der Waals surface area (Å²) >= 11 is 0. The number of piperidine rings is 1. The van der Waals surface area contributed by atoms with Crippen LogP contribution in [0.25, 0.3) is 0 Å². The van der Waals surface area contributed by atoms with E-state index < -0.39 is 11.7 Å². The standard InChI is InChI=1S/C21H28N6O3/c1-15(2)25-20(29)26-9-5-21(6-10-26)19-23-8-11-27(19)14-17(30-21)18(28)24-13-16-4-3-7-22-12-16/h3-4,7-8,11-12,15,17H,5-6,9-10,13-14H2,1-2H3,(H,24,28)(H,25,29). The minimum atomic E-state index is -0.660. The van der Waals surface area contributed by atoms with Crippen LogP contribution in [0.5, 0.6) is 0 Å². The number of aromatic nitrogens is 3. The van der Waals surface area contributed by atoms with Gasteiger partial charge in [0.05, 0.1) is 6.54 Å². The number of imidazole rings is 1. The second-order valence-corrected chi connectivity index (χ2v) is 8.17. The molecule has 1 spiro atoms. The fraction of sp³-hybridized carbons (Fsp3) is 0.524. The number of urea groups is 1. The Bertz CT molecular complexity index is 889. The molecule has 1 saturated heterocycles. The van der Waals surface area contributed by atoms with E-state index in [9.17, 15) is 9.59 Å². The van der Waals surface area contributed by atoms with E-state index in [1.165, 1.54) is 0 Å². The number of carbonyl (C=O) groups is 2. The van der Waals surface area contributed by atoms with Crippen LogP contribution in [0, 0.1) is 0 Å². The summed E-state index contributed by atoms with van der Waals surface area (Å²) in [6, 6.07) is 3.78. The second-order valence-electron chi connectivity index (χ2n) is 8.17. The monoisotopic (exact) mass is 412 g/mol. The van der Waals surface area contributed by atoms with Crippen LogP contribution in [-0.4, -0.2) is 56.6 Å². The van der Waals surface area contributed by atoms with Crippen LogP contribution in [0.3, 0.4) is 0 Å². The quantitative estimate of drug-likeness (QED) is 0.791. The van der Waals surface area contributed by atoms with Crippen LogP contribution in [0.2, 0.25) is 0 Å². The van der Waals surface area contributed by atoms with Crippen LogP contribution in [0.1, 0.15) is 38.1 Å². The molecule has 30 heavy (non-hydrogen) atoms. The molecular weight excluding hydrogens is 384 g/mol. The molecule has 0 saturated carbocycles. The van der Waals surface area contributed by atoms with Crippen LogP contribution in [0.15, 0.2) is 36.9 Å². The van der Waals surface area contributed by atoms with E-state index in [0.717, 1.165) is 11.4 Å². The van der Waals surface area contributed by atoms with Gasteiger partial charge < -0.3 is 24.8 Å². The molecule has 2 aromatic heterocycles. The van der Waals surface area contributed by atoms with Crippen molar-refractivity contribution in [3.8, 4) is 0 Å². The SMILES string of the molecule is CC(C)NC(=O)N1CCC2(CC1)OC(C(=O)NCc1cccnc1)Cn1ccnc12. The Morgan fingerprint density at radius 1 is 1.30 bits per heavy atom. The van der Waals surface area contributed by atoms with Crippen molar-refractivity contribution in [3.63, 3.8) is 0 Å². The number of hydrogen-bond donors (Lipinski definition) is 2. The number of likely N-dealkylation sites (tertiary alicyclic amines) is 1. The first-order valence-electron chi connectivity index (χ1n) is 10.4. The number of ether oxygens (including phenoxy) is 1. The minimum absolute atomic E-state index is 0.0650. The predicted octanol–water partition coefficient (Wildman–Crippen LogP) is 1.40. The van der Waals surface area contributed by atoms with E-state index in [2.05, 4.69) is 20.6 Å². The summed E-state index contributed by atoms with van der Waals surface area (Å²) in [6.45, 7) is 5.82. The topological polar surface area (TPSA) is 101 Å². The molecule has 4 rings (SSSR count). The van der Waals surface area contributed by atoms with Gasteiger partial charge in [-0.05, 0) is 25.5 Å². The van der Waals surface area contributed by atoms with Crippen molar-refractivity contribution in [2.75, 3.05) is 13.1 Å². The molecule has 2 N–H and O–H groups in total. The van der Waals surface area contributed by atoms with Crippen molar-refractivity contribution in [1.82, 2.24) is 30.1 Å². The predicted molar refractivity (Wildman–Crippen MR) is 109 cm³/mol. The molecule has 2 aliphatic heterocycles. The molecule has 0 aliphatic carbocycles. The van der Waals surface area contributed by atoms with Gasteiger partial charge in [-0.1, -0.05) is 6.07 Å². The number of amides is 3. The third-order valence-corrected chi connectivity index (χ3v) is 5.61. The molecular formula is C21H28N6O3. The highest BCUT2D eigenvalue weighted by atomic mass is 16.5. The third-order valence-electron chi connectivity index (χ3n) is 5.61. The zero-order valence-electron chi connectivity index (χ0n) is 17.4. The van der Waals surface area contributed by atoms with Crippen molar-refractivity contribution in [1.29, 1.82) is 0 Å². The van der Waals surface area contributed by atoms with E-state index in [4.69, 9.17) is 4.74 Å². The summed E-state index contributed by atoms with van der Waals surface area (Å²) in [5, 5.41) is 5.88. The van der Waals surface area contributed by atoms with Crippen LogP contribution < -0.4 is 10.6 Å². The average molecular weight is 412 g/mol. The number of pyridine rings is 1. The largest absolute Gasteiger partial charge is 0.352 e. The number of nitrogens with zero attached hydrogens (tertiary/aromatic N) is 4. The van der Waals surface area contributed by atoms with Crippen LogP contribution in [-0.2, 0) is 28.2 Å². The summed E-state index contributed by atoms with van der Waals surface area (Å²) in [5.41, 5.74) is 0.274. The zero-order chi connectivity index (χ0) is 21.1. The van der Waals surface area contributed by atoms with Crippen molar-refractivity contribution < 1.29 is 14.3 Å². The van der Waals surface area contributed by atoms with Crippen molar-refractivity contribution in [2.45, 2.75) is 57.5 Å². The summed E-state index contributed by atoms with van der Waals surface area (Å²) in [4.78, 5) is 35.6. The van der Waals surface area contributed by atoms with Gasteiger partial charge in [0.2, 0.25) is 0 Å². The summed E-state index contributed by atoms with van der Waals surface area (Å²) < 4.78 is 8.39. The first-order chi connectivity index (χ1) is 14.5. The molecule has 1 unspecified atom stereocenters. The Kier molecular flexibility index (Phi) is 5.72. The Labute approximate surface area is 175 Å². The summed E-state index contributed by atoms with van der Waals surface area (Å²) in [5.74, 6) is 0.681. The van der Waals surface area contributed by atoms with Gasteiger partial charge in [0, 0.05) is 63.3 Å². The first-order valence-corrected chi connectivity index (χ1v) is 10.4. The number of hydrogen-bond acceptors (Lipinski definition) is 5. The lowest BCUT2D eigenvalue weighted by molar-refractivity contribution is -0.172. The summed E-state index contributed by atoms with van der Waals surface area (Å²) in [7, 11) is 0. The molecule has 9 nitrogen and oxygen atoms in total. The minimum Gasteiger partial charge on any atom is -0.352 e. The van der Waals surface area contributed by atoms with Crippen molar-refractivity contribution in [2.24, 2.45) is 0 Å². The molecule has 3 amide bonds. The molecule has 1 atom stereocenters. The van der Waals surface area contributed by atoms with Gasteiger partial charge in [-0.25, -0.2) is 9.78 Å². The van der Waals surface area contributed by atoms with Gasteiger partial charge in [0.25, 0.3) is 5.91 Å². The Hall–Kier alpha value is -2.94. The molecule has 0 aromatic carbocycles. The highest BCUT2D eigenvalue weighted by molar-refractivity contribution is 5.81. The number of carbonyl (C=O) groups excluding carboxylic acids is 2. The fourth-order valence-corrected chi connectivity index (χ4v) is 4.09. The Morgan fingerprint density at radius 3 is 2.80 bits per heavy atom. The Balaban J connectivity index is 1.44. The van der Waals surface area contributed by atoms with E-state index in [-0.39, 0.29) is 18.0 Å². The third kappa shape index (κ3) is 4.16. The highest BCUT2D eigenvalue weighted by Crippen LogP contribution is 2.40. The smallest absolute Gasteiger partial charge is 0.317 e. The van der Waals surface area contributed by atoms with Crippen molar-refractivity contribution in [3.05, 3.63) is 48.3 Å². The number of rotatable bonds is 4. The van der Waals surface area contributed by atoms with Gasteiger partial charge in [0.1, 0.15) is 11.4 Å². The van der Waals surface area contributed by atoms with Crippen molar-refractivity contribution >= 4 is 11.9 Å².